The van der Waals surface area contributed by atoms with Crippen molar-refractivity contribution in [3.8, 4) is 45.3 Å². The molecule has 0 saturated carbocycles. The summed E-state index contributed by atoms with van der Waals surface area (Å²) in [7, 11) is 0. The van der Waals surface area contributed by atoms with Crippen LogP contribution in [0, 0.1) is 0 Å². The summed E-state index contributed by atoms with van der Waals surface area (Å²) in [5, 5.41) is 4.80. The molecule has 4 nitrogen and oxygen atoms in total. The quantitative estimate of drug-likeness (QED) is 0.188. The van der Waals surface area contributed by atoms with Crippen molar-refractivity contribution in [3.05, 3.63) is 182 Å². The Morgan fingerprint density at radius 1 is 0.320 bits per heavy atom. The molecule has 0 radical (unpaired) electrons. The van der Waals surface area contributed by atoms with Gasteiger partial charge in [-0.05, 0) is 53.6 Å². The maximum Gasteiger partial charge on any atom is 0.235 e. The number of benzene rings is 7. The third kappa shape index (κ3) is 4.46. The number of para-hydroxylation sites is 2. The smallest absolute Gasteiger partial charge is 0.235 e. The van der Waals surface area contributed by atoms with Crippen molar-refractivity contribution >= 4 is 43.6 Å². The standard InChI is InChI=1S/C46H30N4/c1-4-15-31(16-5-1)34-21-14-22-35(29-34)49-40-25-12-10-23-36(40)44-42(49)27-28-43-45(44)37-24-11-13-26-41(37)50(43)46-47-38(32-17-6-2-7-18-32)30-39(48-46)33-19-8-3-9-20-33/h1-30H. The van der Waals surface area contributed by atoms with Crippen molar-refractivity contribution < 1.29 is 0 Å². The Balaban J connectivity index is 1.28. The van der Waals surface area contributed by atoms with Crippen LogP contribution in [0.5, 0.6) is 0 Å². The van der Waals surface area contributed by atoms with E-state index < -0.39 is 0 Å². The minimum Gasteiger partial charge on any atom is -0.309 e. The molecule has 0 atom stereocenters. The maximum atomic E-state index is 5.25. The van der Waals surface area contributed by atoms with Gasteiger partial charge in [-0.15, -0.1) is 0 Å². The number of hydrogen-bond donors (Lipinski definition) is 0. The van der Waals surface area contributed by atoms with Crippen molar-refractivity contribution in [1.82, 2.24) is 19.1 Å². The van der Waals surface area contributed by atoms with Crippen molar-refractivity contribution in [1.29, 1.82) is 0 Å². The monoisotopic (exact) mass is 638 g/mol. The number of rotatable bonds is 5. The first-order chi connectivity index (χ1) is 24.8. The van der Waals surface area contributed by atoms with E-state index in [1.165, 1.54) is 38.2 Å². The Morgan fingerprint density at radius 3 is 1.36 bits per heavy atom. The van der Waals surface area contributed by atoms with Gasteiger partial charge in [0.2, 0.25) is 5.95 Å². The van der Waals surface area contributed by atoms with Crippen LogP contribution in [-0.4, -0.2) is 19.1 Å². The fraction of sp³-hybridized carbons (Fsp3) is 0. The summed E-state index contributed by atoms with van der Waals surface area (Å²) < 4.78 is 4.65. The average Bonchev–Trinajstić information content (AvgIpc) is 3.72. The normalized spacial score (nSPS) is 11.6. The molecule has 0 saturated heterocycles. The molecule has 0 aliphatic rings. The molecule has 0 aliphatic heterocycles. The summed E-state index contributed by atoms with van der Waals surface area (Å²) in [4.78, 5) is 10.5. The van der Waals surface area contributed by atoms with Gasteiger partial charge in [0.05, 0.1) is 33.5 Å². The highest BCUT2D eigenvalue weighted by atomic mass is 15.2. The molecule has 7 aromatic carbocycles. The fourth-order valence-corrected chi connectivity index (χ4v) is 7.52. The number of hydrogen-bond acceptors (Lipinski definition) is 2. The van der Waals surface area contributed by atoms with Crippen LogP contribution in [0.25, 0.3) is 88.9 Å². The predicted octanol–water partition coefficient (Wildman–Crippen LogP) is 11.7. The van der Waals surface area contributed by atoms with Gasteiger partial charge >= 0.3 is 0 Å². The van der Waals surface area contributed by atoms with Gasteiger partial charge in [-0.3, -0.25) is 4.57 Å². The Morgan fingerprint density at radius 2 is 0.780 bits per heavy atom. The summed E-state index contributed by atoms with van der Waals surface area (Å²) in [5.74, 6) is 0.648. The van der Waals surface area contributed by atoms with Gasteiger partial charge in [0.1, 0.15) is 0 Å². The van der Waals surface area contributed by atoms with Gasteiger partial charge in [0, 0.05) is 38.4 Å². The molecule has 0 unspecified atom stereocenters. The summed E-state index contributed by atoms with van der Waals surface area (Å²) in [6.45, 7) is 0. The molecule has 3 aromatic heterocycles. The fourth-order valence-electron chi connectivity index (χ4n) is 7.52. The lowest BCUT2D eigenvalue weighted by Crippen LogP contribution is -2.04. The van der Waals surface area contributed by atoms with Crippen LogP contribution in [0.1, 0.15) is 0 Å². The first-order valence-corrected chi connectivity index (χ1v) is 16.9. The van der Waals surface area contributed by atoms with E-state index in [1.807, 2.05) is 12.1 Å². The second-order valence-electron chi connectivity index (χ2n) is 12.6. The van der Waals surface area contributed by atoms with Gasteiger partial charge in [-0.1, -0.05) is 140 Å². The number of nitrogens with zero attached hydrogens (tertiary/aromatic N) is 4. The van der Waals surface area contributed by atoms with E-state index >= 15 is 0 Å². The van der Waals surface area contributed by atoms with E-state index in [4.69, 9.17) is 9.97 Å². The summed E-state index contributed by atoms with van der Waals surface area (Å²) in [5.41, 5.74) is 11.9. The van der Waals surface area contributed by atoms with E-state index in [-0.39, 0.29) is 0 Å². The highest BCUT2D eigenvalue weighted by Gasteiger charge is 2.22. The number of fused-ring (bicyclic) bond motifs is 7. The molecule has 10 aromatic rings. The second-order valence-corrected chi connectivity index (χ2v) is 12.6. The average molecular weight is 639 g/mol. The highest BCUT2D eigenvalue weighted by Crippen LogP contribution is 2.42. The molecular weight excluding hydrogens is 609 g/mol. The van der Waals surface area contributed by atoms with Crippen molar-refractivity contribution in [3.63, 3.8) is 0 Å². The molecule has 0 aliphatic carbocycles. The molecule has 0 fully saturated rings. The lowest BCUT2D eigenvalue weighted by atomic mass is 10.0. The van der Waals surface area contributed by atoms with E-state index in [0.717, 1.165) is 44.8 Å². The Hall–Kier alpha value is -6.78. The molecule has 234 valence electrons. The van der Waals surface area contributed by atoms with Gasteiger partial charge < -0.3 is 4.57 Å². The molecule has 0 amide bonds. The summed E-state index contributed by atoms with van der Waals surface area (Å²) in [6, 6.07) is 64.2. The van der Waals surface area contributed by atoms with Crippen LogP contribution in [0.3, 0.4) is 0 Å². The van der Waals surface area contributed by atoms with Crippen LogP contribution < -0.4 is 0 Å². The van der Waals surface area contributed by atoms with Gasteiger partial charge in [-0.2, -0.15) is 0 Å². The lowest BCUT2D eigenvalue weighted by molar-refractivity contribution is 0.996. The molecule has 0 spiro atoms. The van der Waals surface area contributed by atoms with E-state index in [9.17, 15) is 0 Å². The van der Waals surface area contributed by atoms with Crippen LogP contribution in [0.4, 0.5) is 0 Å². The molecule has 4 heteroatoms. The van der Waals surface area contributed by atoms with Gasteiger partial charge in [-0.25, -0.2) is 9.97 Å². The van der Waals surface area contributed by atoms with Crippen molar-refractivity contribution in [2.24, 2.45) is 0 Å². The third-order valence-corrected chi connectivity index (χ3v) is 9.74. The Labute approximate surface area is 289 Å². The Bertz CT molecular complexity index is 2790. The topological polar surface area (TPSA) is 35.6 Å². The van der Waals surface area contributed by atoms with Crippen LogP contribution >= 0.6 is 0 Å². The first-order valence-electron chi connectivity index (χ1n) is 16.9. The minimum atomic E-state index is 0.648. The van der Waals surface area contributed by atoms with Crippen LogP contribution in [-0.2, 0) is 0 Å². The van der Waals surface area contributed by atoms with Crippen molar-refractivity contribution in [2.45, 2.75) is 0 Å². The summed E-state index contributed by atoms with van der Waals surface area (Å²) in [6.07, 6.45) is 0. The second kappa shape index (κ2) is 11.4. The van der Waals surface area contributed by atoms with Crippen molar-refractivity contribution in [2.75, 3.05) is 0 Å². The predicted molar refractivity (Wildman–Crippen MR) is 207 cm³/mol. The molecule has 0 N–H and O–H groups in total. The minimum absolute atomic E-state index is 0.648. The zero-order valence-electron chi connectivity index (χ0n) is 27.1. The molecule has 50 heavy (non-hydrogen) atoms. The molecule has 10 rings (SSSR count). The highest BCUT2D eigenvalue weighted by molar-refractivity contribution is 6.28. The van der Waals surface area contributed by atoms with E-state index in [0.29, 0.717) is 5.95 Å². The van der Waals surface area contributed by atoms with Gasteiger partial charge in [0.15, 0.2) is 0 Å². The number of aromatic nitrogens is 4. The maximum absolute atomic E-state index is 5.25. The zero-order valence-corrected chi connectivity index (χ0v) is 27.1. The van der Waals surface area contributed by atoms with Crippen LogP contribution in [0.2, 0.25) is 0 Å². The first kappa shape index (κ1) is 28.3. The largest absolute Gasteiger partial charge is 0.309 e. The molecule has 0 bridgehead atoms. The Kier molecular flexibility index (Phi) is 6.46. The molecule has 3 heterocycles. The van der Waals surface area contributed by atoms with E-state index in [2.05, 4.69) is 179 Å². The summed E-state index contributed by atoms with van der Waals surface area (Å²) >= 11 is 0. The van der Waals surface area contributed by atoms with E-state index in [1.54, 1.807) is 0 Å². The third-order valence-electron chi connectivity index (χ3n) is 9.74. The zero-order chi connectivity index (χ0) is 33.0. The SMILES string of the molecule is c1ccc(-c2cccc(-n3c4ccccc4c4c5c6ccccc6n(-c6nc(-c7ccccc7)cc(-c7ccccc7)n6)c5ccc43)c2)cc1. The lowest BCUT2D eigenvalue weighted by Gasteiger charge is -2.12. The van der Waals surface area contributed by atoms with Crippen LogP contribution in [0.15, 0.2) is 182 Å². The van der Waals surface area contributed by atoms with Gasteiger partial charge in [0.25, 0.3) is 0 Å². The molecular formula is C46H30N4.